The molecule has 7 nitrogen and oxygen atoms in total. The first-order valence-corrected chi connectivity index (χ1v) is 9.62. The van der Waals surface area contributed by atoms with Crippen molar-refractivity contribution in [2.45, 2.75) is 12.6 Å². The van der Waals surface area contributed by atoms with E-state index in [9.17, 15) is 14.7 Å². The first-order chi connectivity index (χ1) is 15.0. The molecule has 1 fully saturated rings. The highest BCUT2D eigenvalue weighted by molar-refractivity contribution is 6.46. The number of carbonyl (C=O) groups is 2. The lowest BCUT2D eigenvalue weighted by Gasteiger charge is -2.24. The number of aliphatic hydroxyl groups excluding tert-OH is 1. The monoisotopic (exact) mass is 419 g/mol. The van der Waals surface area contributed by atoms with Crippen molar-refractivity contribution in [1.29, 1.82) is 0 Å². The van der Waals surface area contributed by atoms with Crippen LogP contribution in [0.5, 0.6) is 11.5 Å². The summed E-state index contributed by atoms with van der Waals surface area (Å²) in [5, 5.41) is 11.0. The molecule has 1 aliphatic rings. The molecular weight excluding hydrogens is 398 g/mol. The molecule has 1 amide bonds. The third-order valence-electron chi connectivity index (χ3n) is 5.24. The van der Waals surface area contributed by atoms with Crippen LogP contribution in [0.15, 0.2) is 76.9 Å². The lowest BCUT2D eigenvalue weighted by molar-refractivity contribution is -0.140. The van der Waals surface area contributed by atoms with E-state index in [0.717, 1.165) is 0 Å². The van der Waals surface area contributed by atoms with E-state index in [1.54, 1.807) is 74.9 Å². The van der Waals surface area contributed by atoms with E-state index in [1.165, 1.54) is 11.2 Å². The maximum absolute atomic E-state index is 13.0. The Balaban J connectivity index is 1.83. The second-order valence-corrected chi connectivity index (χ2v) is 7.01. The van der Waals surface area contributed by atoms with Crippen molar-refractivity contribution in [3.63, 3.8) is 0 Å². The van der Waals surface area contributed by atoms with Crippen molar-refractivity contribution in [2.24, 2.45) is 0 Å². The maximum atomic E-state index is 13.0. The van der Waals surface area contributed by atoms with E-state index in [-0.39, 0.29) is 17.9 Å². The van der Waals surface area contributed by atoms with Gasteiger partial charge in [0, 0.05) is 5.56 Å². The van der Waals surface area contributed by atoms with Crippen LogP contribution in [0.25, 0.3) is 5.76 Å². The number of aliphatic hydroxyl groups is 1. The van der Waals surface area contributed by atoms with Gasteiger partial charge in [0.05, 0.1) is 38.6 Å². The summed E-state index contributed by atoms with van der Waals surface area (Å²) in [6, 6.07) is 16.3. The molecule has 158 valence electrons. The second kappa shape index (κ2) is 8.39. The zero-order valence-electron chi connectivity index (χ0n) is 17.1. The van der Waals surface area contributed by atoms with Crippen molar-refractivity contribution < 1.29 is 28.6 Å². The van der Waals surface area contributed by atoms with Gasteiger partial charge in [-0.25, -0.2) is 0 Å². The van der Waals surface area contributed by atoms with Crippen LogP contribution in [0.4, 0.5) is 0 Å². The van der Waals surface area contributed by atoms with Gasteiger partial charge in [0.2, 0.25) is 0 Å². The first-order valence-electron chi connectivity index (χ1n) is 9.62. The Morgan fingerprint density at radius 3 is 2.13 bits per heavy atom. The normalized spacial score (nSPS) is 17.7. The van der Waals surface area contributed by atoms with Gasteiger partial charge in [-0.2, -0.15) is 0 Å². The Morgan fingerprint density at radius 2 is 1.58 bits per heavy atom. The molecule has 31 heavy (non-hydrogen) atoms. The highest BCUT2D eigenvalue weighted by atomic mass is 16.5. The van der Waals surface area contributed by atoms with Crippen molar-refractivity contribution in [1.82, 2.24) is 4.90 Å². The highest BCUT2D eigenvalue weighted by Gasteiger charge is 2.46. The standard InChI is InChI=1S/C24H21NO6/c1-29-17-9-5-15(6-10-17)21-20(22(26)16-7-11-18(30-2)12-8-16)23(27)24(28)25(21)14-19-4-3-13-31-19/h3-13,21,26H,14H2,1-2H3/t21-/m0/s1. The van der Waals surface area contributed by atoms with Crippen molar-refractivity contribution in [2.75, 3.05) is 14.2 Å². The predicted molar refractivity (Wildman–Crippen MR) is 113 cm³/mol. The molecule has 0 aliphatic carbocycles. The fourth-order valence-electron chi connectivity index (χ4n) is 3.65. The molecule has 0 saturated carbocycles. The third kappa shape index (κ3) is 3.77. The maximum Gasteiger partial charge on any atom is 0.296 e. The molecule has 0 unspecified atom stereocenters. The Hall–Kier alpha value is -4.00. The molecule has 1 aliphatic heterocycles. The number of amides is 1. The molecular formula is C24H21NO6. The molecule has 1 saturated heterocycles. The van der Waals surface area contributed by atoms with Crippen LogP contribution in [0.2, 0.25) is 0 Å². The van der Waals surface area contributed by atoms with Crippen LogP contribution in [-0.4, -0.2) is 35.9 Å². The lowest BCUT2D eigenvalue weighted by atomic mass is 9.95. The van der Waals surface area contributed by atoms with Crippen LogP contribution in [0.3, 0.4) is 0 Å². The summed E-state index contributed by atoms with van der Waals surface area (Å²) in [7, 11) is 3.10. The summed E-state index contributed by atoms with van der Waals surface area (Å²) in [4.78, 5) is 27.3. The molecule has 0 bridgehead atoms. The zero-order valence-corrected chi connectivity index (χ0v) is 17.1. The molecule has 7 heteroatoms. The fraction of sp³-hybridized carbons (Fsp3) is 0.167. The average molecular weight is 419 g/mol. The number of rotatable bonds is 6. The van der Waals surface area contributed by atoms with Crippen LogP contribution in [-0.2, 0) is 16.1 Å². The van der Waals surface area contributed by atoms with Crippen molar-refractivity contribution in [3.05, 3.63) is 89.4 Å². The van der Waals surface area contributed by atoms with Gasteiger partial charge >= 0.3 is 0 Å². The molecule has 0 radical (unpaired) electrons. The number of hydrogen-bond donors (Lipinski definition) is 1. The van der Waals surface area contributed by atoms with Crippen LogP contribution < -0.4 is 9.47 Å². The predicted octanol–water partition coefficient (Wildman–Crippen LogP) is 3.92. The van der Waals surface area contributed by atoms with Crippen molar-refractivity contribution >= 4 is 17.4 Å². The smallest absolute Gasteiger partial charge is 0.296 e. The minimum Gasteiger partial charge on any atom is -0.507 e. The quantitative estimate of drug-likeness (QED) is 0.370. The van der Waals surface area contributed by atoms with Gasteiger partial charge in [-0.05, 0) is 54.1 Å². The molecule has 1 aromatic heterocycles. The number of ketones is 1. The molecule has 4 rings (SSSR count). The number of hydrogen-bond acceptors (Lipinski definition) is 6. The number of likely N-dealkylation sites (tertiary alicyclic amines) is 1. The first kappa shape index (κ1) is 20.3. The van der Waals surface area contributed by atoms with Gasteiger partial charge in [-0.15, -0.1) is 0 Å². The summed E-state index contributed by atoms with van der Waals surface area (Å²) >= 11 is 0. The lowest BCUT2D eigenvalue weighted by Crippen LogP contribution is -2.29. The third-order valence-corrected chi connectivity index (χ3v) is 5.24. The van der Waals surface area contributed by atoms with Gasteiger partial charge in [0.25, 0.3) is 11.7 Å². The number of benzene rings is 2. The Morgan fingerprint density at radius 1 is 0.968 bits per heavy atom. The van der Waals surface area contributed by atoms with E-state index in [0.29, 0.717) is 28.4 Å². The van der Waals surface area contributed by atoms with Gasteiger partial charge in [0.15, 0.2) is 0 Å². The van der Waals surface area contributed by atoms with Crippen LogP contribution >= 0.6 is 0 Å². The average Bonchev–Trinajstić information content (AvgIpc) is 3.41. The molecule has 3 aromatic rings. The fourth-order valence-corrected chi connectivity index (χ4v) is 3.65. The molecule has 2 heterocycles. The largest absolute Gasteiger partial charge is 0.507 e. The number of ether oxygens (including phenoxy) is 2. The SMILES string of the molecule is COc1ccc(C(O)=C2C(=O)C(=O)N(Cc3ccco3)[C@H]2c2ccc(OC)cc2)cc1. The molecule has 0 spiro atoms. The molecule has 1 N–H and O–H groups in total. The number of Topliss-reactive ketones (excluding diaryl/α,β-unsaturated/α-hetero) is 1. The van der Waals surface area contributed by atoms with Crippen molar-refractivity contribution in [3.8, 4) is 11.5 Å². The van der Waals surface area contributed by atoms with E-state index in [1.807, 2.05) is 0 Å². The summed E-state index contributed by atoms with van der Waals surface area (Å²) in [5.41, 5.74) is 1.10. The highest BCUT2D eigenvalue weighted by Crippen LogP contribution is 2.40. The van der Waals surface area contributed by atoms with E-state index >= 15 is 0 Å². The topological polar surface area (TPSA) is 89.2 Å². The number of furan rings is 1. The minimum absolute atomic E-state index is 0.0203. The van der Waals surface area contributed by atoms with E-state index in [2.05, 4.69) is 0 Å². The van der Waals surface area contributed by atoms with E-state index < -0.39 is 17.7 Å². The number of nitrogens with zero attached hydrogens (tertiary/aromatic N) is 1. The molecule has 1 atom stereocenters. The Kier molecular flexibility index (Phi) is 5.49. The molecule has 2 aromatic carbocycles. The number of carbonyl (C=O) groups excluding carboxylic acids is 2. The summed E-state index contributed by atoms with van der Waals surface area (Å²) in [6.45, 7) is 0.0909. The van der Waals surface area contributed by atoms with Gasteiger partial charge in [-0.1, -0.05) is 12.1 Å². The zero-order chi connectivity index (χ0) is 22.0. The van der Waals surface area contributed by atoms with Gasteiger partial charge in [-0.3, -0.25) is 9.59 Å². The Labute approximate surface area is 179 Å². The van der Waals surface area contributed by atoms with Crippen LogP contribution in [0.1, 0.15) is 22.9 Å². The second-order valence-electron chi connectivity index (χ2n) is 7.01. The minimum atomic E-state index is -0.780. The van der Waals surface area contributed by atoms with E-state index in [4.69, 9.17) is 13.9 Å². The number of methoxy groups -OCH3 is 2. The van der Waals surface area contributed by atoms with Gasteiger partial charge < -0.3 is 23.9 Å². The summed E-state index contributed by atoms with van der Waals surface area (Å²) in [5.74, 6) is 0.0880. The Bertz CT molecular complexity index is 1110. The van der Waals surface area contributed by atoms with Crippen LogP contribution in [0, 0.1) is 0 Å². The summed E-state index contributed by atoms with van der Waals surface area (Å²) in [6.07, 6.45) is 1.51. The van der Waals surface area contributed by atoms with Gasteiger partial charge in [0.1, 0.15) is 23.0 Å². The summed E-state index contributed by atoms with van der Waals surface area (Å²) < 4.78 is 15.8.